The van der Waals surface area contributed by atoms with Crippen molar-refractivity contribution in [3.05, 3.63) is 59.7 Å². The molecule has 0 spiro atoms. The van der Waals surface area contributed by atoms with Crippen molar-refractivity contribution >= 4 is 5.69 Å². The summed E-state index contributed by atoms with van der Waals surface area (Å²) in [4.78, 5) is 0. The van der Waals surface area contributed by atoms with Gasteiger partial charge in [0.05, 0.1) is 0 Å². The molecule has 0 unspecified atom stereocenters. The molecule has 0 aliphatic rings. The number of ether oxygens (including phenoxy) is 1. The van der Waals surface area contributed by atoms with E-state index in [4.69, 9.17) is 4.74 Å². The lowest BCUT2D eigenvalue weighted by Crippen LogP contribution is -2.11. The molecular formula is C16H19NO. The van der Waals surface area contributed by atoms with Crippen LogP contribution >= 0.6 is 0 Å². The number of nitrogens with one attached hydrogen (secondary N) is 1. The minimum atomic E-state index is 0.666. The van der Waals surface area contributed by atoms with Crippen molar-refractivity contribution in [1.82, 2.24) is 0 Å². The summed E-state index contributed by atoms with van der Waals surface area (Å²) in [7, 11) is 0. The van der Waals surface area contributed by atoms with Gasteiger partial charge in [-0.15, -0.1) is 0 Å². The molecule has 0 atom stereocenters. The molecule has 18 heavy (non-hydrogen) atoms. The van der Waals surface area contributed by atoms with Crippen molar-refractivity contribution in [2.45, 2.75) is 13.8 Å². The van der Waals surface area contributed by atoms with E-state index in [2.05, 4.69) is 49.5 Å². The molecule has 0 aliphatic carbocycles. The molecule has 0 radical (unpaired) electrons. The van der Waals surface area contributed by atoms with Crippen molar-refractivity contribution in [3.8, 4) is 5.75 Å². The van der Waals surface area contributed by atoms with Gasteiger partial charge in [-0.25, -0.2) is 0 Å². The van der Waals surface area contributed by atoms with Gasteiger partial charge in [-0.3, -0.25) is 0 Å². The molecule has 0 amide bonds. The van der Waals surface area contributed by atoms with Gasteiger partial charge < -0.3 is 10.1 Å². The van der Waals surface area contributed by atoms with Crippen LogP contribution in [0.4, 0.5) is 5.69 Å². The van der Waals surface area contributed by atoms with Crippen LogP contribution in [0.3, 0.4) is 0 Å². The van der Waals surface area contributed by atoms with Crippen molar-refractivity contribution in [2.24, 2.45) is 0 Å². The Labute approximate surface area is 109 Å². The van der Waals surface area contributed by atoms with Crippen LogP contribution in [-0.4, -0.2) is 13.2 Å². The summed E-state index contributed by atoms with van der Waals surface area (Å²) in [5, 5.41) is 3.32. The third-order valence-electron chi connectivity index (χ3n) is 2.81. The normalized spacial score (nSPS) is 10.1. The lowest BCUT2D eigenvalue weighted by Gasteiger charge is -2.11. The van der Waals surface area contributed by atoms with Crippen LogP contribution < -0.4 is 10.1 Å². The van der Waals surface area contributed by atoms with E-state index in [0.717, 1.165) is 18.0 Å². The van der Waals surface area contributed by atoms with Gasteiger partial charge in [0.15, 0.2) is 0 Å². The minimum absolute atomic E-state index is 0.666. The van der Waals surface area contributed by atoms with Gasteiger partial charge in [-0.2, -0.15) is 0 Å². The van der Waals surface area contributed by atoms with Gasteiger partial charge >= 0.3 is 0 Å². The highest BCUT2D eigenvalue weighted by Crippen LogP contribution is 2.18. The van der Waals surface area contributed by atoms with E-state index in [0.29, 0.717) is 6.61 Å². The second-order valence-electron chi connectivity index (χ2n) is 4.41. The molecule has 0 aliphatic heterocycles. The third-order valence-corrected chi connectivity index (χ3v) is 2.81. The summed E-state index contributed by atoms with van der Waals surface area (Å²) in [6, 6.07) is 16.4. The number of para-hydroxylation sites is 1. The fraction of sp³-hybridized carbons (Fsp3) is 0.250. The van der Waals surface area contributed by atoms with Gasteiger partial charge in [-0.1, -0.05) is 30.3 Å². The largest absolute Gasteiger partial charge is 0.491 e. The highest BCUT2D eigenvalue weighted by atomic mass is 16.5. The van der Waals surface area contributed by atoms with Crippen molar-refractivity contribution in [3.63, 3.8) is 0 Å². The molecule has 0 heterocycles. The van der Waals surface area contributed by atoms with Crippen LogP contribution in [0.5, 0.6) is 5.75 Å². The Morgan fingerprint density at radius 3 is 2.56 bits per heavy atom. The summed E-state index contributed by atoms with van der Waals surface area (Å²) < 4.78 is 5.78. The highest BCUT2D eigenvalue weighted by molar-refractivity contribution is 5.42. The van der Waals surface area contributed by atoms with E-state index in [1.165, 1.54) is 11.1 Å². The fourth-order valence-corrected chi connectivity index (χ4v) is 1.78. The van der Waals surface area contributed by atoms with Crippen molar-refractivity contribution in [1.29, 1.82) is 0 Å². The predicted octanol–water partition coefficient (Wildman–Crippen LogP) is 3.79. The molecule has 2 aromatic carbocycles. The third kappa shape index (κ3) is 3.52. The average molecular weight is 241 g/mol. The monoisotopic (exact) mass is 241 g/mol. The zero-order valence-corrected chi connectivity index (χ0v) is 10.9. The number of hydrogen-bond acceptors (Lipinski definition) is 2. The van der Waals surface area contributed by atoms with Crippen molar-refractivity contribution < 1.29 is 4.74 Å². The summed E-state index contributed by atoms with van der Waals surface area (Å²) in [6.45, 7) is 5.62. The Morgan fingerprint density at radius 1 is 1.00 bits per heavy atom. The average Bonchev–Trinajstić information content (AvgIpc) is 2.40. The first-order valence-electron chi connectivity index (χ1n) is 6.25. The fourth-order valence-electron chi connectivity index (χ4n) is 1.78. The number of benzene rings is 2. The van der Waals surface area contributed by atoms with E-state index in [-0.39, 0.29) is 0 Å². The van der Waals surface area contributed by atoms with E-state index in [1.54, 1.807) is 0 Å². The molecule has 0 saturated heterocycles. The highest BCUT2D eigenvalue weighted by Gasteiger charge is 1.99. The molecule has 94 valence electrons. The molecule has 2 nitrogen and oxygen atoms in total. The Morgan fingerprint density at radius 2 is 1.78 bits per heavy atom. The van der Waals surface area contributed by atoms with Gasteiger partial charge in [-0.05, 0) is 43.2 Å². The number of hydrogen-bond donors (Lipinski definition) is 1. The summed E-state index contributed by atoms with van der Waals surface area (Å²) >= 11 is 0. The van der Waals surface area contributed by atoms with Crippen LogP contribution in [0.15, 0.2) is 48.5 Å². The van der Waals surface area contributed by atoms with Crippen LogP contribution in [0.2, 0.25) is 0 Å². The van der Waals surface area contributed by atoms with Gasteiger partial charge in [0.25, 0.3) is 0 Å². The summed E-state index contributed by atoms with van der Waals surface area (Å²) in [5.74, 6) is 0.977. The van der Waals surface area contributed by atoms with Crippen LogP contribution in [0, 0.1) is 13.8 Å². The van der Waals surface area contributed by atoms with Crippen LogP contribution in [-0.2, 0) is 0 Å². The predicted molar refractivity (Wildman–Crippen MR) is 76.3 cm³/mol. The summed E-state index contributed by atoms with van der Waals surface area (Å²) in [5.41, 5.74) is 3.54. The Kier molecular flexibility index (Phi) is 4.24. The molecule has 0 fully saturated rings. The lowest BCUT2D eigenvalue weighted by molar-refractivity contribution is 0.330. The zero-order valence-electron chi connectivity index (χ0n) is 10.9. The maximum atomic E-state index is 5.78. The number of anilines is 1. The van der Waals surface area contributed by atoms with E-state index < -0.39 is 0 Å². The SMILES string of the molecule is Cc1ccc(C)c(OCCNc2ccccc2)c1. The molecule has 1 N–H and O–H groups in total. The molecular weight excluding hydrogens is 222 g/mol. The molecule has 0 saturated carbocycles. The maximum Gasteiger partial charge on any atom is 0.122 e. The van der Waals surface area contributed by atoms with E-state index in [9.17, 15) is 0 Å². The summed E-state index contributed by atoms with van der Waals surface area (Å²) in [6.07, 6.45) is 0. The standard InChI is InChI=1S/C16H19NO/c1-13-8-9-14(2)16(12-13)18-11-10-17-15-6-4-3-5-7-15/h3-9,12,17H,10-11H2,1-2H3. The first-order chi connectivity index (χ1) is 8.75. The first-order valence-corrected chi connectivity index (χ1v) is 6.25. The van der Waals surface area contributed by atoms with E-state index >= 15 is 0 Å². The Hall–Kier alpha value is -1.96. The van der Waals surface area contributed by atoms with E-state index in [1.807, 2.05) is 18.2 Å². The van der Waals surface area contributed by atoms with Crippen LogP contribution in [0.25, 0.3) is 0 Å². The van der Waals surface area contributed by atoms with Gasteiger partial charge in [0.1, 0.15) is 12.4 Å². The number of aryl methyl sites for hydroxylation is 2. The van der Waals surface area contributed by atoms with Gasteiger partial charge in [0.2, 0.25) is 0 Å². The maximum absolute atomic E-state index is 5.78. The first kappa shape index (κ1) is 12.5. The second-order valence-corrected chi connectivity index (χ2v) is 4.41. The van der Waals surface area contributed by atoms with Gasteiger partial charge in [0, 0.05) is 12.2 Å². The smallest absolute Gasteiger partial charge is 0.122 e. The zero-order chi connectivity index (χ0) is 12.8. The topological polar surface area (TPSA) is 21.3 Å². The minimum Gasteiger partial charge on any atom is -0.491 e. The molecule has 2 rings (SSSR count). The quantitative estimate of drug-likeness (QED) is 0.804. The second kappa shape index (κ2) is 6.10. The molecule has 2 heteroatoms. The molecule has 0 aromatic heterocycles. The number of rotatable bonds is 5. The molecule has 2 aromatic rings. The van der Waals surface area contributed by atoms with Crippen LogP contribution in [0.1, 0.15) is 11.1 Å². The lowest BCUT2D eigenvalue weighted by atomic mass is 10.1. The van der Waals surface area contributed by atoms with Crippen molar-refractivity contribution in [2.75, 3.05) is 18.5 Å². The Balaban J connectivity index is 1.80. The Bertz CT molecular complexity index is 494. The molecule has 0 bridgehead atoms.